The third-order valence-electron chi connectivity index (χ3n) is 4.20. The lowest BCUT2D eigenvalue weighted by molar-refractivity contribution is 0.261. The lowest BCUT2D eigenvalue weighted by Gasteiger charge is -2.28. The van der Waals surface area contributed by atoms with Gasteiger partial charge in [0, 0.05) is 24.1 Å². The summed E-state index contributed by atoms with van der Waals surface area (Å²) in [7, 11) is 0. The largest absolute Gasteiger partial charge is 0.493 e. The minimum Gasteiger partial charge on any atom is -0.493 e. The topological polar surface area (TPSA) is 69.4 Å². The van der Waals surface area contributed by atoms with Gasteiger partial charge in [-0.3, -0.25) is 0 Å². The second kappa shape index (κ2) is 8.34. The van der Waals surface area contributed by atoms with Crippen LogP contribution in [0.4, 0.5) is 4.39 Å². The zero-order chi connectivity index (χ0) is 18.4. The second-order valence-corrected chi connectivity index (χ2v) is 5.99. The Hall–Kier alpha value is -3.07. The Morgan fingerprint density at radius 1 is 1.35 bits per heavy atom. The van der Waals surface area contributed by atoms with Crippen molar-refractivity contribution in [1.29, 1.82) is 5.26 Å². The van der Waals surface area contributed by atoms with Crippen LogP contribution in [-0.4, -0.2) is 19.1 Å². The highest BCUT2D eigenvalue weighted by Gasteiger charge is 2.21. The van der Waals surface area contributed by atoms with Crippen molar-refractivity contribution in [1.82, 2.24) is 10.6 Å². The maximum Gasteiger partial charge on any atom is 0.192 e. The highest BCUT2D eigenvalue weighted by atomic mass is 19.1. The normalized spacial score (nSPS) is 16.2. The molecule has 0 amide bonds. The zero-order valence-corrected chi connectivity index (χ0v) is 14.6. The van der Waals surface area contributed by atoms with E-state index in [0.29, 0.717) is 30.2 Å². The molecule has 1 heterocycles. The maximum absolute atomic E-state index is 14.0. The molecule has 1 aliphatic heterocycles. The SMILES string of the molecule is CCNC(=NCc1cc(C#N)ccc1F)NC1CCOc2ccccc21. The van der Waals surface area contributed by atoms with Gasteiger partial charge in [-0.05, 0) is 31.2 Å². The molecular formula is C20H21FN4O. The lowest BCUT2D eigenvalue weighted by Crippen LogP contribution is -2.41. The molecule has 1 aliphatic rings. The van der Waals surface area contributed by atoms with Crippen LogP contribution in [0.3, 0.4) is 0 Å². The Morgan fingerprint density at radius 2 is 2.19 bits per heavy atom. The number of hydrogen-bond acceptors (Lipinski definition) is 3. The summed E-state index contributed by atoms with van der Waals surface area (Å²) in [5.74, 6) is 1.12. The summed E-state index contributed by atoms with van der Waals surface area (Å²) in [6.45, 7) is 3.46. The highest BCUT2D eigenvalue weighted by Crippen LogP contribution is 2.31. The van der Waals surface area contributed by atoms with Crippen molar-refractivity contribution in [2.75, 3.05) is 13.2 Å². The summed E-state index contributed by atoms with van der Waals surface area (Å²) in [6, 6.07) is 14.3. The Kier molecular flexibility index (Phi) is 5.69. The molecule has 1 atom stereocenters. The summed E-state index contributed by atoms with van der Waals surface area (Å²) in [5.41, 5.74) is 1.91. The highest BCUT2D eigenvalue weighted by molar-refractivity contribution is 5.80. The molecule has 2 aromatic rings. The first-order valence-electron chi connectivity index (χ1n) is 8.66. The Morgan fingerprint density at radius 3 is 3.00 bits per heavy atom. The number of nitrogens with zero attached hydrogens (tertiary/aromatic N) is 2. The van der Waals surface area contributed by atoms with Crippen LogP contribution in [0, 0.1) is 17.1 Å². The summed E-state index contributed by atoms with van der Waals surface area (Å²) < 4.78 is 19.6. The van der Waals surface area contributed by atoms with E-state index in [0.717, 1.165) is 17.7 Å². The number of benzene rings is 2. The molecule has 3 rings (SSSR count). The van der Waals surface area contributed by atoms with Crippen LogP contribution in [0.25, 0.3) is 0 Å². The van der Waals surface area contributed by atoms with Gasteiger partial charge in [-0.25, -0.2) is 9.38 Å². The standard InChI is InChI=1S/C20H21FN4O/c1-2-23-20(24-13-15-11-14(12-22)7-8-17(15)21)25-18-9-10-26-19-6-4-3-5-16(18)19/h3-8,11,18H,2,9-10,13H2,1H3,(H2,23,24,25). The molecule has 2 N–H and O–H groups in total. The van der Waals surface area contributed by atoms with E-state index in [1.807, 2.05) is 37.3 Å². The van der Waals surface area contributed by atoms with Crippen molar-refractivity contribution in [3.63, 3.8) is 0 Å². The minimum atomic E-state index is -0.361. The summed E-state index contributed by atoms with van der Waals surface area (Å²) in [4.78, 5) is 4.49. The summed E-state index contributed by atoms with van der Waals surface area (Å²) in [5, 5.41) is 15.6. The first-order valence-corrected chi connectivity index (χ1v) is 8.66. The van der Waals surface area contributed by atoms with Gasteiger partial charge < -0.3 is 15.4 Å². The van der Waals surface area contributed by atoms with Gasteiger partial charge in [-0.15, -0.1) is 0 Å². The number of ether oxygens (including phenoxy) is 1. The van der Waals surface area contributed by atoms with Crippen molar-refractivity contribution in [3.05, 3.63) is 65.0 Å². The number of guanidine groups is 1. The smallest absolute Gasteiger partial charge is 0.192 e. The van der Waals surface area contributed by atoms with E-state index in [2.05, 4.69) is 15.6 Å². The fourth-order valence-corrected chi connectivity index (χ4v) is 2.91. The molecule has 134 valence electrons. The van der Waals surface area contributed by atoms with Crippen molar-refractivity contribution in [2.45, 2.75) is 25.9 Å². The van der Waals surface area contributed by atoms with Crippen LogP contribution in [0.15, 0.2) is 47.5 Å². The summed E-state index contributed by atoms with van der Waals surface area (Å²) >= 11 is 0. The molecule has 5 nitrogen and oxygen atoms in total. The van der Waals surface area contributed by atoms with Crippen LogP contribution in [0.2, 0.25) is 0 Å². The third-order valence-corrected chi connectivity index (χ3v) is 4.20. The molecule has 6 heteroatoms. The maximum atomic E-state index is 14.0. The van der Waals surface area contributed by atoms with E-state index in [4.69, 9.17) is 10.00 Å². The first kappa shape index (κ1) is 17.7. The Bertz CT molecular complexity index is 844. The molecule has 0 aliphatic carbocycles. The second-order valence-electron chi connectivity index (χ2n) is 5.99. The van der Waals surface area contributed by atoms with Gasteiger partial charge in [0.25, 0.3) is 0 Å². The van der Waals surface area contributed by atoms with Gasteiger partial charge in [-0.2, -0.15) is 5.26 Å². The summed E-state index contributed by atoms with van der Waals surface area (Å²) in [6.07, 6.45) is 0.819. The van der Waals surface area contributed by atoms with Crippen molar-refractivity contribution < 1.29 is 9.13 Å². The lowest BCUT2D eigenvalue weighted by atomic mass is 10.0. The molecule has 0 aromatic heterocycles. The van der Waals surface area contributed by atoms with Gasteiger partial charge in [-0.1, -0.05) is 18.2 Å². The van der Waals surface area contributed by atoms with Gasteiger partial charge in [0.1, 0.15) is 11.6 Å². The fourth-order valence-electron chi connectivity index (χ4n) is 2.91. The molecule has 0 saturated carbocycles. The van der Waals surface area contributed by atoms with Gasteiger partial charge >= 0.3 is 0 Å². The predicted molar refractivity (Wildman–Crippen MR) is 98.4 cm³/mol. The quantitative estimate of drug-likeness (QED) is 0.654. The van der Waals surface area contributed by atoms with E-state index in [9.17, 15) is 4.39 Å². The fraction of sp³-hybridized carbons (Fsp3) is 0.300. The molecule has 1 unspecified atom stereocenters. The molecule has 26 heavy (non-hydrogen) atoms. The number of nitriles is 1. The van der Waals surface area contributed by atoms with E-state index in [1.165, 1.54) is 18.2 Å². The van der Waals surface area contributed by atoms with E-state index in [1.54, 1.807) is 0 Å². The van der Waals surface area contributed by atoms with Gasteiger partial charge in [0.05, 0.1) is 30.8 Å². The predicted octanol–water partition coefficient (Wildman–Crippen LogP) is 3.28. The number of fused-ring (bicyclic) bond motifs is 1. The van der Waals surface area contributed by atoms with E-state index >= 15 is 0 Å². The molecule has 0 fully saturated rings. The molecule has 0 saturated heterocycles. The number of aliphatic imine (C=N–C) groups is 1. The number of nitrogens with one attached hydrogen (secondary N) is 2. The van der Waals surface area contributed by atoms with Crippen LogP contribution in [0.5, 0.6) is 5.75 Å². The van der Waals surface area contributed by atoms with Crippen molar-refractivity contribution in [3.8, 4) is 11.8 Å². The Labute approximate surface area is 152 Å². The van der Waals surface area contributed by atoms with Crippen LogP contribution in [-0.2, 0) is 6.54 Å². The van der Waals surface area contributed by atoms with Gasteiger partial charge in [0.2, 0.25) is 0 Å². The average Bonchev–Trinajstić information content (AvgIpc) is 2.67. The van der Waals surface area contributed by atoms with Gasteiger partial charge in [0.15, 0.2) is 5.96 Å². The average molecular weight is 352 g/mol. The molecule has 0 radical (unpaired) electrons. The molecular weight excluding hydrogens is 331 g/mol. The molecule has 2 aromatic carbocycles. The zero-order valence-electron chi connectivity index (χ0n) is 14.6. The van der Waals surface area contributed by atoms with E-state index < -0.39 is 0 Å². The number of halogens is 1. The van der Waals surface area contributed by atoms with E-state index in [-0.39, 0.29) is 18.4 Å². The van der Waals surface area contributed by atoms with Crippen molar-refractivity contribution in [2.24, 2.45) is 4.99 Å². The van der Waals surface area contributed by atoms with Crippen LogP contribution in [0.1, 0.15) is 36.1 Å². The number of hydrogen-bond donors (Lipinski definition) is 2. The monoisotopic (exact) mass is 352 g/mol. The minimum absolute atomic E-state index is 0.0769. The third kappa shape index (κ3) is 4.12. The number of rotatable bonds is 4. The number of para-hydroxylation sites is 1. The van der Waals surface area contributed by atoms with Crippen LogP contribution >= 0.6 is 0 Å². The van der Waals surface area contributed by atoms with Crippen molar-refractivity contribution >= 4 is 5.96 Å². The first-order chi connectivity index (χ1) is 12.7. The Balaban J connectivity index is 1.78. The molecule has 0 spiro atoms. The van der Waals surface area contributed by atoms with Crippen LogP contribution < -0.4 is 15.4 Å². The molecule has 0 bridgehead atoms.